The number of fused-ring (bicyclic) bond motifs is 1. The molecule has 0 bridgehead atoms. The molecule has 1 fully saturated rings. The van der Waals surface area contributed by atoms with Crippen molar-refractivity contribution in [2.24, 2.45) is 5.92 Å². The van der Waals surface area contributed by atoms with Crippen LogP contribution in [0.15, 0.2) is 18.2 Å². The van der Waals surface area contributed by atoms with Crippen LogP contribution in [0, 0.1) is 12.8 Å². The molecule has 1 aromatic heterocycles. The van der Waals surface area contributed by atoms with E-state index in [1.54, 1.807) is 11.3 Å². The van der Waals surface area contributed by atoms with Crippen LogP contribution in [0.5, 0.6) is 0 Å². The average molecular weight is 262 g/mol. The summed E-state index contributed by atoms with van der Waals surface area (Å²) in [7, 11) is 0. The van der Waals surface area contributed by atoms with Crippen LogP contribution in [0.2, 0.25) is 0 Å². The first-order valence-electron chi connectivity index (χ1n) is 6.50. The van der Waals surface area contributed by atoms with Gasteiger partial charge in [-0.25, -0.2) is 4.98 Å². The molecule has 18 heavy (non-hydrogen) atoms. The zero-order valence-corrected chi connectivity index (χ0v) is 11.4. The Balaban J connectivity index is 1.60. The largest absolute Gasteiger partial charge is 0.381 e. The van der Waals surface area contributed by atoms with E-state index in [4.69, 9.17) is 4.74 Å². The lowest BCUT2D eigenvalue weighted by Crippen LogP contribution is -2.08. The molecule has 0 saturated carbocycles. The van der Waals surface area contributed by atoms with Crippen molar-refractivity contribution in [2.45, 2.75) is 19.8 Å². The Labute approximate surface area is 111 Å². The molecule has 2 aromatic rings. The zero-order valence-electron chi connectivity index (χ0n) is 10.6. The van der Waals surface area contributed by atoms with Crippen molar-refractivity contribution in [1.82, 2.24) is 4.98 Å². The van der Waals surface area contributed by atoms with Crippen molar-refractivity contribution in [1.29, 1.82) is 0 Å². The van der Waals surface area contributed by atoms with Crippen molar-refractivity contribution < 1.29 is 4.74 Å². The molecule has 0 spiro atoms. The van der Waals surface area contributed by atoms with Crippen LogP contribution in [0.4, 0.5) is 5.13 Å². The fourth-order valence-corrected chi connectivity index (χ4v) is 3.18. The first kappa shape index (κ1) is 11.9. The summed E-state index contributed by atoms with van der Waals surface area (Å²) in [5.41, 5.74) is 2.37. The van der Waals surface area contributed by atoms with Gasteiger partial charge in [-0.05, 0) is 43.4 Å². The third-order valence-electron chi connectivity index (χ3n) is 3.40. The summed E-state index contributed by atoms with van der Waals surface area (Å²) < 4.78 is 6.64. The SMILES string of the molecule is Cc1ccc2sc(NCCC3CCOC3)nc2c1. The topological polar surface area (TPSA) is 34.1 Å². The van der Waals surface area contributed by atoms with Gasteiger partial charge in [0.1, 0.15) is 0 Å². The molecule has 1 unspecified atom stereocenters. The molecule has 0 radical (unpaired) electrons. The quantitative estimate of drug-likeness (QED) is 0.916. The van der Waals surface area contributed by atoms with Gasteiger partial charge >= 0.3 is 0 Å². The predicted molar refractivity (Wildman–Crippen MR) is 76.4 cm³/mol. The smallest absolute Gasteiger partial charge is 0.183 e. The van der Waals surface area contributed by atoms with E-state index in [-0.39, 0.29) is 0 Å². The number of benzene rings is 1. The van der Waals surface area contributed by atoms with Gasteiger partial charge in [0.2, 0.25) is 0 Å². The highest BCUT2D eigenvalue weighted by Gasteiger charge is 2.15. The van der Waals surface area contributed by atoms with Crippen LogP contribution in [0.25, 0.3) is 10.2 Å². The van der Waals surface area contributed by atoms with Crippen LogP contribution in [0.1, 0.15) is 18.4 Å². The van der Waals surface area contributed by atoms with Gasteiger partial charge in [-0.1, -0.05) is 17.4 Å². The number of hydrogen-bond donors (Lipinski definition) is 1. The Morgan fingerprint density at radius 1 is 1.50 bits per heavy atom. The molecule has 96 valence electrons. The third-order valence-corrected chi connectivity index (χ3v) is 4.39. The molecule has 0 aliphatic carbocycles. The van der Waals surface area contributed by atoms with Crippen LogP contribution in [-0.4, -0.2) is 24.7 Å². The summed E-state index contributed by atoms with van der Waals surface area (Å²) in [6.45, 7) is 4.96. The molecule has 1 atom stereocenters. The zero-order chi connectivity index (χ0) is 12.4. The highest BCUT2D eigenvalue weighted by Crippen LogP contribution is 2.26. The van der Waals surface area contributed by atoms with E-state index in [1.807, 2.05) is 0 Å². The normalized spacial score (nSPS) is 19.5. The molecule has 1 aliphatic rings. The fourth-order valence-electron chi connectivity index (χ4n) is 2.31. The van der Waals surface area contributed by atoms with Crippen LogP contribution < -0.4 is 5.32 Å². The minimum absolute atomic E-state index is 0.731. The second kappa shape index (κ2) is 5.24. The molecule has 3 nitrogen and oxygen atoms in total. The van der Waals surface area contributed by atoms with Gasteiger partial charge in [-0.2, -0.15) is 0 Å². The van der Waals surface area contributed by atoms with Crippen molar-refractivity contribution in [3.63, 3.8) is 0 Å². The van der Waals surface area contributed by atoms with E-state index in [0.29, 0.717) is 0 Å². The molecule has 0 amide bonds. The predicted octanol–water partition coefficient (Wildman–Crippen LogP) is 3.44. The van der Waals surface area contributed by atoms with Gasteiger partial charge < -0.3 is 10.1 Å². The Morgan fingerprint density at radius 3 is 3.28 bits per heavy atom. The maximum Gasteiger partial charge on any atom is 0.183 e. The molecule has 4 heteroatoms. The highest BCUT2D eigenvalue weighted by atomic mass is 32.1. The van der Waals surface area contributed by atoms with Crippen molar-refractivity contribution in [3.05, 3.63) is 23.8 Å². The number of nitrogens with zero attached hydrogens (tertiary/aromatic N) is 1. The minimum atomic E-state index is 0.731. The number of ether oxygens (including phenoxy) is 1. The summed E-state index contributed by atoms with van der Waals surface area (Å²) in [6.07, 6.45) is 2.38. The first-order chi connectivity index (χ1) is 8.81. The van der Waals surface area contributed by atoms with Gasteiger partial charge in [0.15, 0.2) is 5.13 Å². The van der Waals surface area contributed by atoms with Crippen LogP contribution in [-0.2, 0) is 4.74 Å². The van der Waals surface area contributed by atoms with Gasteiger partial charge in [-0.3, -0.25) is 0 Å². The molecule has 3 rings (SSSR count). The summed E-state index contributed by atoms with van der Waals surface area (Å²) in [5.74, 6) is 0.731. The van der Waals surface area contributed by atoms with Gasteiger partial charge in [0.25, 0.3) is 0 Å². The number of hydrogen-bond acceptors (Lipinski definition) is 4. The van der Waals surface area contributed by atoms with E-state index in [2.05, 4.69) is 35.4 Å². The molecule has 1 aliphatic heterocycles. The lowest BCUT2D eigenvalue weighted by atomic mass is 10.1. The van der Waals surface area contributed by atoms with E-state index in [9.17, 15) is 0 Å². The Hall–Kier alpha value is -1.13. The van der Waals surface area contributed by atoms with Gasteiger partial charge in [0.05, 0.1) is 10.2 Å². The van der Waals surface area contributed by atoms with E-state index in [0.717, 1.165) is 36.3 Å². The maximum absolute atomic E-state index is 5.38. The Bertz CT molecular complexity index is 532. The summed E-state index contributed by atoms with van der Waals surface area (Å²) in [5, 5.41) is 4.47. The lowest BCUT2D eigenvalue weighted by molar-refractivity contribution is 0.185. The van der Waals surface area contributed by atoms with Crippen LogP contribution in [0.3, 0.4) is 0 Å². The molecule has 1 saturated heterocycles. The Morgan fingerprint density at radius 2 is 2.44 bits per heavy atom. The fraction of sp³-hybridized carbons (Fsp3) is 0.500. The molecule has 1 N–H and O–H groups in total. The highest BCUT2D eigenvalue weighted by molar-refractivity contribution is 7.22. The number of thiazole rings is 1. The lowest BCUT2D eigenvalue weighted by Gasteiger charge is -2.06. The van der Waals surface area contributed by atoms with Crippen molar-refractivity contribution in [3.8, 4) is 0 Å². The number of rotatable bonds is 4. The molecule has 1 aromatic carbocycles. The number of aromatic nitrogens is 1. The number of nitrogens with one attached hydrogen (secondary N) is 1. The van der Waals surface area contributed by atoms with Crippen molar-refractivity contribution in [2.75, 3.05) is 25.1 Å². The summed E-state index contributed by atoms with van der Waals surface area (Å²) >= 11 is 1.73. The standard InChI is InChI=1S/C14H18N2OS/c1-10-2-3-13-12(8-10)16-14(18-13)15-6-4-11-5-7-17-9-11/h2-3,8,11H,4-7,9H2,1H3,(H,15,16). The molecular weight excluding hydrogens is 244 g/mol. The third kappa shape index (κ3) is 2.65. The van der Waals surface area contributed by atoms with Crippen molar-refractivity contribution >= 4 is 26.7 Å². The van der Waals surface area contributed by atoms with E-state index >= 15 is 0 Å². The monoisotopic (exact) mass is 262 g/mol. The minimum Gasteiger partial charge on any atom is -0.381 e. The Kier molecular flexibility index (Phi) is 3.48. The van der Waals surface area contributed by atoms with Gasteiger partial charge in [-0.15, -0.1) is 0 Å². The first-order valence-corrected chi connectivity index (χ1v) is 7.32. The number of aryl methyl sites for hydroxylation is 1. The average Bonchev–Trinajstić information content (AvgIpc) is 2.97. The summed E-state index contributed by atoms with van der Waals surface area (Å²) in [6, 6.07) is 6.43. The van der Waals surface area contributed by atoms with Crippen LogP contribution >= 0.6 is 11.3 Å². The maximum atomic E-state index is 5.38. The summed E-state index contributed by atoms with van der Waals surface area (Å²) in [4.78, 5) is 4.61. The number of anilines is 1. The van der Waals surface area contributed by atoms with Gasteiger partial charge in [0, 0.05) is 19.8 Å². The van der Waals surface area contributed by atoms with E-state index in [1.165, 1.54) is 23.1 Å². The molecule has 2 heterocycles. The molecular formula is C14H18N2OS. The second-order valence-corrected chi connectivity index (χ2v) is 5.97. The van der Waals surface area contributed by atoms with E-state index < -0.39 is 0 Å². The second-order valence-electron chi connectivity index (χ2n) is 4.94.